The van der Waals surface area contributed by atoms with Crippen LogP contribution in [0.15, 0.2) is 18.5 Å². The van der Waals surface area contributed by atoms with E-state index in [1.807, 2.05) is 6.92 Å². The number of aliphatic carboxylic acids is 1. The SMILES string of the molecule is C#Cc1cncc(C(=O)NCCCC(=O)C2CC(CC)[C@@H](O[C@@H]3OC(C)[C@@H](O)[C@H](O)C3O)[C@H](O[C@@H]3O[C@@H](CO)[C@H](O)C(O[C@@H](CC4CCCCC4)C(=O)O)C3NC(C)=O)C2)c1. The van der Waals surface area contributed by atoms with E-state index in [0.29, 0.717) is 24.8 Å². The predicted octanol–water partition coefficient (Wildman–Crippen LogP) is 0.568. The molecular formula is C43H63N3O15. The number of rotatable bonds is 18. The summed E-state index contributed by atoms with van der Waals surface area (Å²) in [5.74, 6) is -0.865. The van der Waals surface area contributed by atoms with Gasteiger partial charge in [0.2, 0.25) is 5.91 Å². The number of pyridine rings is 1. The average Bonchev–Trinajstić information content (AvgIpc) is 3.25. The number of hydrogen-bond acceptors (Lipinski definition) is 15. The number of nitrogens with one attached hydrogen (secondary N) is 2. The van der Waals surface area contributed by atoms with Gasteiger partial charge in [-0.3, -0.25) is 19.4 Å². The molecule has 15 atom stereocenters. The molecule has 1 aromatic heterocycles. The Morgan fingerprint density at radius 3 is 2.36 bits per heavy atom. The van der Waals surface area contributed by atoms with Gasteiger partial charge in [-0.25, -0.2) is 4.79 Å². The molecule has 0 bridgehead atoms. The Morgan fingerprint density at radius 2 is 1.70 bits per heavy atom. The van der Waals surface area contributed by atoms with Gasteiger partial charge in [-0.1, -0.05) is 51.4 Å². The number of ketones is 1. The predicted molar refractivity (Wildman–Crippen MR) is 214 cm³/mol. The Hall–Kier alpha value is -3.61. The minimum Gasteiger partial charge on any atom is -0.479 e. The van der Waals surface area contributed by atoms with Gasteiger partial charge in [-0.05, 0) is 50.5 Å². The summed E-state index contributed by atoms with van der Waals surface area (Å²) < 4.78 is 31.1. The van der Waals surface area contributed by atoms with Crippen LogP contribution in [0.2, 0.25) is 0 Å². The fourth-order valence-electron chi connectivity index (χ4n) is 9.04. The van der Waals surface area contributed by atoms with E-state index in [-0.39, 0.29) is 43.1 Å². The van der Waals surface area contributed by atoms with Crippen LogP contribution in [0, 0.1) is 30.1 Å². The lowest BCUT2D eigenvalue weighted by molar-refractivity contribution is -0.338. The van der Waals surface area contributed by atoms with Crippen molar-refractivity contribution >= 4 is 23.6 Å². The molecule has 6 unspecified atom stereocenters. The summed E-state index contributed by atoms with van der Waals surface area (Å²) in [7, 11) is 0. The summed E-state index contributed by atoms with van der Waals surface area (Å²) in [6, 6.07) is 0.223. The zero-order chi connectivity index (χ0) is 44.4. The number of carbonyl (C=O) groups excluding carboxylic acids is 3. The number of aliphatic hydroxyl groups is 5. The Balaban J connectivity index is 1.39. The van der Waals surface area contributed by atoms with E-state index in [1.54, 1.807) is 0 Å². The standard InChI is InChI=1S/C43H63N3O15/c1-5-24-15-28(20-44-19-24)40(54)45-14-10-13-29(49)27-17-26(6-2)38(61-43-37(53)36(52)34(50)22(3)57-43)30(18-27)59-42-33(46-23(4)48)39(35(51)32(21-47)60-42)58-31(41(55)56)16-25-11-8-7-9-12-25/h1,15,19-20,22,25-27,30-39,42-43,47,50-53H,6-14,16-18,21H2,2-4H3,(H,45,54)(H,46,48)(H,55,56)/t22?,26?,27?,30-,31+,32+,33?,34-,35+,36+,37?,38-,39?,42-,43+/m1/s1. The Morgan fingerprint density at radius 1 is 0.967 bits per heavy atom. The van der Waals surface area contributed by atoms with Crippen LogP contribution in [0.5, 0.6) is 0 Å². The Kier molecular flexibility index (Phi) is 18.0. The summed E-state index contributed by atoms with van der Waals surface area (Å²) in [4.78, 5) is 56.0. The summed E-state index contributed by atoms with van der Waals surface area (Å²) in [5, 5.41) is 69.5. The summed E-state index contributed by atoms with van der Waals surface area (Å²) in [6.45, 7) is 4.07. The minimum absolute atomic E-state index is 0.0322. The van der Waals surface area contributed by atoms with Crippen molar-refractivity contribution in [3.63, 3.8) is 0 Å². The van der Waals surface area contributed by atoms with Crippen LogP contribution in [-0.4, -0.2) is 152 Å². The van der Waals surface area contributed by atoms with Gasteiger partial charge in [0.25, 0.3) is 5.91 Å². The molecule has 5 rings (SSSR count). The highest BCUT2D eigenvalue weighted by atomic mass is 16.7. The number of amides is 2. The first-order chi connectivity index (χ1) is 29.1. The summed E-state index contributed by atoms with van der Waals surface area (Å²) in [5.41, 5.74) is 0.730. The molecule has 0 aromatic carbocycles. The maximum atomic E-state index is 13.9. The minimum atomic E-state index is -1.66. The molecule has 18 heteroatoms. The Bertz CT molecular complexity index is 1670. The zero-order valence-corrected chi connectivity index (χ0v) is 35.0. The third-order valence-corrected chi connectivity index (χ3v) is 12.5. The van der Waals surface area contributed by atoms with Gasteiger partial charge in [0.15, 0.2) is 18.7 Å². The van der Waals surface area contributed by atoms with Crippen molar-refractivity contribution in [1.29, 1.82) is 0 Å². The molecule has 2 saturated heterocycles. The van der Waals surface area contributed by atoms with E-state index < -0.39 is 116 Å². The van der Waals surface area contributed by atoms with Crippen LogP contribution < -0.4 is 10.6 Å². The molecule has 8 N–H and O–H groups in total. The lowest BCUT2D eigenvalue weighted by Gasteiger charge is -2.49. The molecule has 0 radical (unpaired) electrons. The molecule has 4 fully saturated rings. The molecule has 18 nitrogen and oxygen atoms in total. The largest absolute Gasteiger partial charge is 0.479 e. The number of ether oxygens (including phenoxy) is 5. The van der Waals surface area contributed by atoms with Crippen molar-refractivity contribution < 1.29 is 73.5 Å². The molecule has 3 heterocycles. The summed E-state index contributed by atoms with van der Waals surface area (Å²) >= 11 is 0. The topological polar surface area (TPSA) is 273 Å². The molecule has 340 valence electrons. The molecule has 4 aliphatic rings. The average molecular weight is 862 g/mol. The van der Waals surface area contributed by atoms with E-state index in [1.165, 1.54) is 32.3 Å². The van der Waals surface area contributed by atoms with Crippen LogP contribution in [-0.2, 0) is 38.1 Å². The quantitative estimate of drug-likeness (QED) is 0.0740. The molecule has 2 saturated carbocycles. The van der Waals surface area contributed by atoms with Crippen molar-refractivity contribution in [2.24, 2.45) is 17.8 Å². The van der Waals surface area contributed by atoms with Crippen LogP contribution >= 0.6 is 0 Å². The molecule has 0 spiro atoms. The second kappa shape index (κ2) is 22.7. The first kappa shape index (κ1) is 48.4. The summed E-state index contributed by atoms with van der Waals surface area (Å²) in [6.07, 6.45) is -1.92. The van der Waals surface area contributed by atoms with Gasteiger partial charge in [0.05, 0.1) is 30.5 Å². The van der Waals surface area contributed by atoms with E-state index >= 15 is 0 Å². The van der Waals surface area contributed by atoms with E-state index in [0.717, 1.165) is 32.1 Å². The second-order valence-electron chi connectivity index (χ2n) is 16.8. The zero-order valence-electron chi connectivity index (χ0n) is 35.0. The van der Waals surface area contributed by atoms with Crippen molar-refractivity contribution in [1.82, 2.24) is 15.6 Å². The van der Waals surface area contributed by atoms with Crippen molar-refractivity contribution in [2.75, 3.05) is 13.2 Å². The fourth-order valence-corrected chi connectivity index (χ4v) is 9.04. The highest BCUT2D eigenvalue weighted by Crippen LogP contribution is 2.40. The molecule has 1 aromatic rings. The fraction of sp³-hybridized carbons (Fsp3) is 0.744. The highest BCUT2D eigenvalue weighted by Gasteiger charge is 2.52. The van der Waals surface area contributed by atoms with Gasteiger partial charge in [0.1, 0.15) is 48.4 Å². The lowest BCUT2D eigenvalue weighted by Crippen LogP contribution is -2.67. The number of aromatic nitrogens is 1. The van der Waals surface area contributed by atoms with Crippen LogP contribution in [0.1, 0.15) is 107 Å². The van der Waals surface area contributed by atoms with Gasteiger partial charge < -0.3 is 65.0 Å². The van der Waals surface area contributed by atoms with E-state index in [9.17, 15) is 49.8 Å². The van der Waals surface area contributed by atoms with E-state index in [4.69, 9.17) is 30.1 Å². The maximum Gasteiger partial charge on any atom is 0.332 e. The van der Waals surface area contributed by atoms with Crippen molar-refractivity contribution in [2.45, 2.75) is 171 Å². The first-order valence-electron chi connectivity index (χ1n) is 21.5. The van der Waals surface area contributed by atoms with Gasteiger partial charge in [-0.15, -0.1) is 6.42 Å². The monoisotopic (exact) mass is 861 g/mol. The van der Waals surface area contributed by atoms with Crippen LogP contribution in [0.3, 0.4) is 0 Å². The number of aliphatic hydroxyl groups excluding tert-OH is 5. The maximum absolute atomic E-state index is 13.9. The normalized spacial score (nSPS) is 35.1. The Labute approximate surface area is 356 Å². The second-order valence-corrected chi connectivity index (χ2v) is 16.8. The molecular weight excluding hydrogens is 798 g/mol. The van der Waals surface area contributed by atoms with Crippen LogP contribution in [0.25, 0.3) is 0 Å². The van der Waals surface area contributed by atoms with Gasteiger partial charge in [-0.2, -0.15) is 0 Å². The third kappa shape index (κ3) is 12.5. The molecule has 61 heavy (non-hydrogen) atoms. The van der Waals surface area contributed by atoms with Gasteiger partial charge in [0, 0.05) is 43.8 Å². The number of carboxylic acids is 1. The molecule has 2 aliphatic heterocycles. The number of nitrogens with zero attached hydrogens (tertiary/aromatic N) is 1. The smallest absolute Gasteiger partial charge is 0.332 e. The first-order valence-corrected chi connectivity index (χ1v) is 21.5. The molecule has 2 amide bonds. The lowest BCUT2D eigenvalue weighted by atomic mass is 9.74. The van der Waals surface area contributed by atoms with E-state index in [2.05, 4.69) is 21.5 Å². The van der Waals surface area contributed by atoms with Crippen LogP contribution in [0.4, 0.5) is 0 Å². The highest BCUT2D eigenvalue weighted by molar-refractivity contribution is 5.94. The van der Waals surface area contributed by atoms with Gasteiger partial charge >= 0.3 is 5.97 Å². The third-order valence-electron chi connectivity index (χ3n) is 12.5. The number of Topliss-reactive ketones (excluding diaryl/α,β-unsaturated/α-hetero) is 1. The molecule has 2 aliphatic carbocycles. The number of hydrogen-bond donors (Lipinski definition) is 8. The number of terminal acetylenes is 1. The number of carbonyl (C=O) groups is 4. The number of carboxylic acid groups (broad SMARTS) is 1. The van der Waals surface area contributed by atoms with Crippen molar-refractivity contribution in [3.05, 3.63) is 29.6 Å². The van der Waals surface area contributed by atoms with Crippen molar-refractivity contribution in [3.8, 4) is 12.3 Å².